The Balaban J connectivity index is 1.49. The van der Waals surface area contributed by atoms with Crippen molar-refractivity contribution in [2.45, 2.75) is 37.6 Å². The summed E-state index contributed by atoms with van der Waals surface area (Å²) < 4.78 is 0. The zero-order valence-electron chi connectivity index (χ0n) is 15.4. The molecule has 1 aromatic carbocycles. The highest BCUT2D eigenvalue weighted by molar-refractivity contribution is 8.00. The lowest BCUT2D eigenvalue weighted by atomic mass is 9.97. The summed E-state index contributed by atoms with van der Waals surface area (Å²) in [6, 6.07) is 6.54. The number of benzene rings is 1. The maximum Gasteiger partial charge on any atom is 0.248 e. The smallest absolute Gasteiger partial charge is 0.248 e. The van der Waals surface area contributed by atoms with Gasteiger partial charge in [0.05, 0.1) is 5.75 Å². The number of aromatic nitrogens is 2. The van der Waals surface area contributed by atoms with Crippen LogP contribution in [0.1, 0.15) is 39.5 Å². The van der Waals surface area contributed by atoms with Crippen LogP contribution < -0.4 is 11.1 Å². The van der Waals surface area contributed by atoms with Crippen molar-refractivity contribution in [1.29, 1.82) is 0 Å². The van der Waals surface area contributed by atoms with Crippen LogP contribution in [0.15, 0.2) is 29.3 Å². The van der Waals surface area contributed by atoms with Crippen LogP contribution in [0, 0.1) is 6.92 Å². The largest absolute Gasteiger partial charge is 0.366 e. The molecule has 0 aliphatic heterocycles. The third-order valence-electron chi connectivity index (χ3n) is 4.69. The Morgan fingerprint density at radius 2 is 1.93 bits per heavy atom. The molecule has 0 unspecified atom stereocenters. The average molecular weight is 413 g/mol. The number of nitrogens with two attached hydrogens (primary N) is 1. The summed E-state index contributed by atoms with van der Waals surface area (Å²) in [5, 5.41) is 4.87. The molecule has 0 fully saturated rings. The predicted molar refractivity (Wildman–Crippen MR) is 113 cm³/mol. The van der Waals surface area contributed by atoms with E-state index >= 15 is 0 Å². The van der Waals surface area contributed by atoms with E-state index in [4.69, 9.17) is 5.73 Å². The highest BCUT2D eigenvalue weighted by atomic mass is 32.2. The van der Waals surface area contributed by atoms with E-state index in [0.29, 0.717) is 11.3 Å². The monoisotopic (exact) mass is 412 g/mol. The molecular formula is C20H20N4O2S2. The van der Waals surface area contributed by atoms with Crippen molar-refractivity contribution < 1.29 is 9.59 Å². The van der Waals surface area contributed by atoms with Gasteiger partial charge in [-0.2, -0.15) is 0 Å². The standard InChI is InChI=1S/C20H20N4O2S2/c1-11-22-19(17-14-4-2-3-5-15(14)28-20(17)23-11)27-10-16(25)24-13-8-6-12(7-9-13)18(21)26/h6-9H,2-5,10H2,1H3,(H2,21,26)(H,24,25). The quantitative estimate of drug-likeness (QED) is 0.492. The number of carbonyl (C=O) groups excluding carboxylic acids is 2. The van der Waals surface area contributed by atoms with Gasteiger partial charge in [-0.1, -0.05) is 11.8 Å². The van der Waals surface area contributed by atoms with Gasteiger partial charge in [-0.3, -0.25) is 9.59 Å². The molecule has 0 saturated carbocycles. The van der Waals surface area contributed by atoms with E-state index in [0.717, 1.165) is 33.9 Å². The van der Waals surface area contributed by atoms with Gasteiger partial charge >= 0.3 is 0 Å². The lowest BCUT2D eigenvalue weighted by Gasteiger charge is -2.12. The van der Waals surface area contributed by atoms with E-state index in [1.807, 2.05) is 6.92 Å². The second-order valence-electron chi connectivity index (χ2n) is 6.75. The van der Waals surface area contributed by atoms with Crippen LogP contribution in [0.2, 0.25) is 0 Å². The number of thiophene rings is 1. The van der Waals surface area contributed by atoms with E-state index in [1.165, 1.54) is 35.0 Å². The highest BCUT2D eigenvalue weighted by Crippen LogP contribution is 2.39. The summed E-state index contributed by atoms with van der Waals surface area (Å²) in [4.78, 5) is 35.2. The van der Waals surface area contributed by atoms with Crippen molar-refractivity contribution >= 4 is 50.8 Å². The highest BCUT2D eigenvalue weighted by Gasteiger charge is 2.21. The summed E-state index contributed by atoms with van der Waals surface area (Å²) in [6.07, 6.45) is 4.60. The topological polar surface area (TPSA) is 98.0 Å². The molecule has 2 amide bonds. The van der Waals surface area contributed by atoms with E-state index in [-0.39, 0.29) is 11.7 Å². The molecule has 28 heavy (non-hydrogen) atoms. The minimum Gasteiger partial charge on any atom is -0.366 e. The molecule has 2 aromatic heterocycles. The maximum absolute atomic E-state index is 12.4. The van der Waals surface area contributed by atoms with Gasteiger partial charge in [-0.05, 0) is 62.4 Å². The number of hydrogen-bond donors (Lipinski definition) is 2. The lowest BCUT2D eigenvalue weighted by Crippen LogP contribution is -2.15. The number of rotatable bonds is 5. The Kier molecular flexibility index (Phi) is 5.32. The molecular weight excluding hydrogens is 392 g/mol. The molecule has 0 spiro atoms. The molecule has 144 valence electrons. The zero-order valence-corrected chi connectivity index (χ0v) is 17.1. The van der Waals surface area contributed by atoms with Crippen molar-refractivity contribution in [3.63, 3.8) is 0 Å². The Morgan fingerprint density at radius 3 is 2.68 bits per heavy atom. The van der Waals surface area contributed by atoms with Crippen LogP contribution >= 0.6 is 23.1 Å². The fourth-order valence-electron chi connectivity index (χ4n) is 3.38. The first-order valence-corrected chi connectivity index (χ1v) is 10.9. The predicted octanol–water partition coefficient (Wildman–Crippen LogP) is 3.71. The molecule has 0 atom stereocenters. The number of nitrogens with zero attached hydrogens (tertiary/aromatic N) is 2. The van der Waals surface area contributed by atoms with E-state index in [9.17, 15) is 9.59 Å². The molecule has 4 rings (SSSR count). The van der Waals surface area contributed by atoms with Gasteiger partial charge < -0.3 is 11.1 Å². The molecule has 1 aliphatic rings. The van der Waals surface area contributed by atoms with E-state index < -0.39 is 5.91 Å². The summed E-state index contributed by atoms with van der Waals surface area (Å²) in [7, 11) is 0. The van der Waals surface area contributed by atoms with E-state index in [2.05, 4.69) is 15.3 Å². The first kappa shape index (κ1) is 18.9. The van der Waals surface area contributed by atoms with Crippen molar-refractivity contribution in [2.24, 2.45) is 5.73 Å². The molecule has 2 heterocycles. The van der Waals surface area contributed by atoms with Crippen molar-refractivity contribution in [3.8, 4) is 0 Å². The Morgan fingerprint density at radius 1 is 1.18 bits per heavy atom. The molecule has 1 aliphatic carbocycles. The van der Waals surface area contributed by atoms with Gasteiger partial charge in [0.25, 0.3) is 0 Å². The first-order chi connectivity index (χ1) is 13.5. The lowest BCUT2D eigenvalue weighted by molar-refractivity contribution is -0.113. The average Bonchev–Trinajstić information content (AvgIpc) is 3.04. The van der Waals surface area contributed by atoms with Crippen LogP contribution in [0.5, 0.6) is 0 Å². The van der Waals surface area contributed by atoms with Gasteiger partial charge in [-0.25, -0.2) is 9.97 Å². The third-order valence-corrected chi connectivity index (χ3v) is 6.85. The number of amides is 2. The van der Waals surface area contributed by atoms with Gasteiger partial charge in [0.1, 0.15) is 15.7 Å². The first-order valence-electron chi connectivity index (χ1n) is 9.12. The Hall–Kier alpha value is -2.45. The van der Waals surface area contributed by atoms with Gasteiger partial charge in [0.2, 0.25) is 11.8 Å². The molecule has 3 aromatic rings. The number of nitrogens with one attached hydrogen (secondary N) is 1. The number of hydrogen-bond acceptors (Lipinski definition) is 6. The normalized spacial score (nSPS) is 13.3. The van der Waals surface area contributed by atoms with Crippen molar-refractivity contribution in [3.05, 3.63) is 46.1 Å². The maximum atomic E-state index is 12.4. The second-order valence-corrected chi connectivity index (χ2v) is 8.79. The minimum atomic E-state index is -0.490. The fraction of sp³-hybridized carbons (Fsp3) is 0.300. The Bertz CT molecular complexity index is 1060. The van der Waals surface area contributed by atoms with E-state index in [1.54, 1.807) is 35.6 Å². The van der Waals surface area contributed by atoms with Crippen LogP contribution in [-0.4, -0.2) is 27.5 Å². The second kappa shape index (κ2) is 7.89. The van der Waals surface area contributed by atoms with Crippen molar-refractivity contribution in [1.82, 2.24) is 9.97 Å². The summed E-state index contributed by atoms with van der Waals surface area (Å²) in [6.45, 7) is 1.89. The van der Waals surface area contributed by atoms with Crippen molar-refractivity contribution in [2.75, 3.05) is 11.1 Å². The minimum absolute atomic E-state index is 0.120. The van der Waals surface area contributed by atoms with Crippen LogP contribution in [0.25, 0.3) is 10.2 Å². The number of carbonyl (C=O) groups is 2. The van der Waals surface area contributed by atoms with Gasteiger partial charge in [0.15, 0.2) is 0 Å². The van der Waals surface area contributed by atoms with Crippen LogP contribution in [0.3, 0.4) is 0 Å². The van der Waals surface area contributed by atoms with Gasteiger partial charge in [0, 0.05) is 21.5 Å². The van der Waals surface area contributed by atoms with Crippen LogP contribution in [-0.2, 0) is 17.6 Å². The molecule has 0 bridgehead atoms. The summed E-state index contributed by atoms with van der Waals surface area (Å²) in [5.41, 5.74) is 7.65. The zero-order chi connectivity index (χ0) is 19.7. The molecule has 8 heteroatoms. The number of primary amides is 1. The third kappa shape index (κ3) is 3.88. The summed E-state index contributed by atoms with van der Waals surface area (Å²) >= 11 is 3.21. The molecule has 0 radical (unpaired) electrons. The number of thioether (sulfide) groups is 1. The number of fused-ring (bicyclic) bond motifs is 3. The molecule has 3 N–H and O–H groups in total. The number of aryl methyl sites for hydroxylation is 3. The fourth-order valence-corrected chi connectivity index (χ4v) is 5.65. The Labute approximate surface area is 170 Å². The SMILES string of the molecule is Cc1nc(SCC(=O)Nc2ccc(C(N)=O)cc2)c2c3c(sc2n1)CCCC3. The summed E-state index contributed by atoms with van der Waals surface area (Å²) in [5.74, 6) is 0.380. The number of anilines is 1. The van der Waals surface area contributed by atoms with Gasteiger partial charge in [-0.15, -0.1) is 11.3 Å². The molecule has 6 nitrogen and oxygen atoms in total. The molecule has 0 saturated heterocycles. The van der Waals surface area contributed by atoms with Crippen LogP contribution in [0.4, 0.5) is 5.69 Å².